The smallest absolute Gasteiger partial charge is 0.253 e. The van der Waals surface area contributed by atoms with Crippen molar-refractivity contribution in [1.82, 2.24) is 14.7 Å². The number of benzene rings is 2. The van der Waals surface area contributed by atoms with Gasteiger partial charge in [-0.1, -0.05) is 18.2 Å². The number of sulfone groups is 1. The molecule has 0 fully saturated rings. The first-order chi connectivity index (χ1) is 15.1. The molecule has 32 heavy (non-hydrogen) atoms. The van der Waals surface area contributed by atoms with E-state index in [-0.39, 0.29) is 27.1 Å². The summed E-state index contributed by atoms with van der Waals surface area (Å²) < 4.78 is 50.5. The average molecular weight is 471 g/mol. The summed E-state index contributed by atoms with van der Waals surface area (Å²) in [5, 5.41) is 7.87. The highest BCUT2D eigenvalue weighted by Gasteiger charge is 2.20. The highest BCUT2D eigenvalue weighted by Crippen LogP contribution is 2.23. The molecule has 4 rings (SSSR count). The van der Waals surface area contributed by atoms with Crippen molar-refractivity contribution in [2.45, 2.75) is 21.2 Å². The lowest BCUT2D eigenvalue weighted by atomic mass is 10.2. The lowest BCUT2D eigenvalue weighted by molar-refractivity contribution is 0.0950. The molecule has 0 aliphatic carbocycles. The monoisotopic (exact) mass is 470 g/mol. The molecular formula is C21H18N4O5S2. The SMILES string of the molecule is NS(=O)(=O)c1cccc(S(=O)(=O)c2ccc(CNC(=O)c3ccc4nccn4c3)cc2)c1. The number of amides is 1. The molecule has 0 spiro atoms. The van der Waals surface area contributed by atoms with Crippen LogP contribution in [-0.4, -0.2) is 32.1 Å². The van der Waals surface area contributed by atoms with Crippen molar-refractivity contribution >= 4 is 31.4 Å². The molecular weight excluding hydrogens is 452 g/mol. The topological polar surface area (TPSA) is 141 Å². The Morgan fingerprint density at radius 2 is 1.66 bits per heavy atom. The second kappa shape index (κ2) is 8.19. The number of hydrogen-bond donors (Lipinski definition) is 2. The molecule has 2 heterocycles. The van der Waals surface area contributed by atoms with Gasteiger partial charge in [0.25, 0.3) is 5.91 Å². The van der Waals surface area contributed by atoms with E-state index in [1.807, 2.05) is 0 Å². The summed E-state index contributed by atoms with van der Waals surface area (Å²) >= 11 is 0. The van der Waals surface area contributed by atoms with Crippen LogP contribution in [0.5, 0.6) is 0 Å². The molecule has 2 aromatic heterocycles. The Morgan fingerprint density at radius 3 is 2.38 bits per heavy atom. The van der Waals surface area contributed by atoms with Gasteiger partial charge in [-0.05, 0) is 48.0 Å². The summed E-state index contributed by atoms with van der Waals surface area (Å²) in [7, 11) is -7.98. The second-order valence-electron chi connectivity index (χ2n) is 6.96. The van der Waals surface area contributed by atoms with Gasteiger partial charge in [0.2, 0.25) is 19.9 Å². The third kappa shape index (κ3) is 4.40. The number of imidazole rings is 1. The Bertz CT molecular complexity index is 1530. The van der Waals surface area contributed by atoms with Gasteiger partial charge in [-0.2, -0.15) is 0 Å². The molecule has 11 heteroatoms. The number of aromatic nitrogens is 2. The fraction of sp³-hybridized carbons (Fsp3) is 0.0476. The largest absolute Gasteiger partial charge is 0.348 e. The van der Waals surface area contributed by atoms with Crippen LogP contribution in [0.2, 0.25) is 0 Å². The molecule has 0 unspecified atom stereocenters. The molecule has 0 saturated heterocycles. The minimum absolute atomic E-state index is 0.00953. The first kappa shape index (κ1) is 21.7. The normalized spacial score (nSPS) is 12.0. The number of rotatable bonds is 6. The van der Waals surface area contributed by atoms with Crippen LogP contribution < -0.4 is 10.5 Å². The second-order valence-corrected chi connectivity index (χ2v) is 10.5. The summed E-state index contributed by atoms with van der Waals surface area (Å²) in [5.41, 5.74) is 1.89. The lowest BCUT2D eigenvalue weighted by Gasteiger charge is -2.09. The highest BCUT2D eigenvalue weighted by molar-refractivity contribution is 7.91. The Balaban J connectivity index is 1.48. The van der Waals surface area contributed by atoms with E-state index in [9.17, 15) is 21.6 Å². The molecule has 0 atom stereocenters. The first-order valence-electron chi connectivity index (χ1n) is 9.32. The van der Waals surface area contributed by atoms with Crippen molar-refractivity contribution in [3.05, 3.63) is 90.4 Å². The Morgan fingerprint density at radius 1 is 0.938 bits per heavy atom. The van der Waals surface area contributed by atoms with Crippen LogP contribution in [0.15, 0.2) is 93.9 Å². The summed E-state index contributed by atoms with van der Waals surface area (Å²) in [6.07, 6.45) is 5.05. The molecule has 3 N–H and O–H groups in total. The molecule has 0 aliphatic rings. The van der Waals surface area contributed by atoms with E-state index in [0.717, 1.165) is 11.7 Å². The zero-order valence-electron chi connectivity index (χ0n) is 16.5. The Hall–Kier alpha value is -3.54. The van der Waals surface area contributed by atoms with Gasteiger partial charge in [0.15, 0.2) is 0 Å². The summed E-state index contributed by atoms with van der Waals surface area (Å²) in [4.78, 5) is 16.1. The maximum atomic E-state index is 12.8. The molecule has 164 valence electrons. The molecule has 1 amide bonds. The van der Waals surface area contributed by atoms with Gasteiger partial charge in [0.05, 0.1) is 20.2 Å². The van der Waals surface area contributed by atoms with E-state index in [1.54, 1.807) is 47.3 Å². The molecule has 0 aliphatic heterocycles. The average Bonchev–Trinajstić information content (AvgIpc) is 3.25. The van der Waals surface area contributed by atoms with Crippen LogP contribution in [0.25, 0.3) is 5.65 Å². The zero-order chi connectivity index (χ0) is 22.9. The lowest BCUT2D eigenvalue weighted by Crippen LogP contribution is -2.23. The van der Waals surface area contributed by atoms with Crippen LogP contribution >= 0.6 is 0 Å². The van der Waals surface area contributed by atoms with Gasteiger partial charge < -0.3 is 9.72 Å². The minimum Gasteiger partial charge on any atom is -0.348 e. The molecule has 4 aromatic rings. The molecule has 0 saturated carbocycles. The number of hydrogen-bond acceptors (Lipinski definition) is 6. The Labute approximate surface area is 184 Å². The highest BCUT2D eigenvalue weighted by atomic mass is 32.2. The van der Waals surface area contributed by atoms with Crippen LogP contribution in [0.3, 0.4) is 0 Å². The summed E-state index contributed by atoms with van der Waals surface area (Å²) in [5.74, 6) is -0.280. The van der Waals surface area contributed by atoms with Crippen LogP contribution in [0, 0.1) is 0 Å². The predicted molar refractivity (Wildman–Crippen MR) is 116 cm³/mol. The van der Waals surface area contributed by atoms with Gasteiger partial charge in [-0.3, -0.25) is 4.79 Å². The maximum absolute atomic E-state index is 12.8. The molecule has 0 radical (unpaired) electrons. The van der Waals surface area contributed by atoms with E-state index in [1.165, 1.54) is 30.3 Å². The van der Waals surface area contributed by atoms with Crippen molar-refractivity contribution < 1.29 is 21.6 Å². The number of nitrogens with one attached hydrogen (secondary N) is 1. The van der Waals surface area contributed by atoms with Crippen molar-refractivity contribution in [2.75, 3.05) is 0 Å². The summed E-state index contributed by atoms with van der Waals surface area (Å²) in [6.45, 7) is 0.196. The number of pyridine rings is 1. The quantitative estimate of drug-likeness (QED) is 0.440. The van der Waals surface area contributed by atoms with Crippen LogP contribution in [0.1, 0.15) is 15.9 Å². The summed E-state index contributed by atoms with van der Waals surface area (Å²) in [6, 6.07) is 14.2. The number of nitrogens with zero attached hydrogens (tertiary/aromatic N) is 2. The molecule has 0 bridgehead atoms. The van der Waals surface area contributed by atoms with E-state index in [4.69, 9.17) is 5.14 Å². The minimum atomic E-state index is -4.03. The third-order valence-electron chi connectivity index (χ3n) is 4.78. The molecule has 2 aromatic carbocycles. The standard InChI is InChI=1S/C21H18N4O5S2/c22-32(29,30)19-3-1-2-18(12-19)31(27,28)17-7-4-15(5-8-17)13-24-21(26)16-6-9-20-23-10-11-25(20)14-16/h1-12,14H,13H2,(H,24,26)(H2,22,29,30). The van der Waals surface area contributed by atoms with E-state index >= 15 is 0 Å². The van der Waals surface area contributed by atoms with E-state index < -0.39 is 19.9 Å². The van der Waals surface area contributed by atoms with Gasteiger partial charge in [0, 0.05) is 25.1 Å². The number of nitrogens with two attached hydrogens (primary N) is 1. The fourth-order valence-corrected chi connectivity index (χ4v) is 5.02. The van der Waals surface area contributed by atoms with Crippen molar-refractivity contribution in [2.24, 2.45) is 5.14 Å². The van der Waals surface area contributed by atoms with Crippen molar-refractivity contribution in [3.8, 4) is 0 Å². The van der Waals surface area contributed by atoms with Gasteiger partial charge in [-0.25, -0.2) is 27.0 Å². The van der Waals surface area contributed by atoms with Crippen LogP contribution in [0.4, 0.5) is 0 Å². The van der Waals surface area contributed by atoms with Gasteiger partial charge in [0.1, 0.15) is 5.65 Å². The van der Waals surface area contributed by atoms with Gasteiger partial charge >= 0.3 is 0 Å². The number of primary sulfonamides is 1. The number of carbonyl (C=O) groups excluding carboxylic acids is 1. The van der Waals surface area contributed by atoms with Gasteiger partial charge in [-0.15, -0.1) is 0 Å². The number of sulfonamides is 1. The maximum Gasteiger partial charge on any atom is 0.253 e. The van der Waals surface area contributed by atoms with Crippen molar-refractivity contribution in [3.63, 3.8) is 0 Å². The number of fused-ring (bicyclic) bond motifs is 1. The number of carbonyl (C=O) groups is 1. The Kier molecular flexibility index (Phi) is 5.55. The zero-order valence-corrected chi connectivity index (χ0v) is 18.2. The molecule has 9 nitrogen and oxygen atoms in total. The first-order valence-corrected chi connectivity index (χ1v) is 12.4. The fourth-order valence-electron chi connectivity index (χ4n) is 3.08. The van der Waals surface area contributed by atoms with E-state index in [2.05, 4.69) is 10.3 Å². The van der Waals surface area contributed by atoms with Crippen molar-refractivity contribution in [1.29, 1.82) is 0 Å². The third-order valence-corrected chi connectivity index (χ3v) is 7.46. The van der Waals surface area contributed by atoms with Crippen LogP contribution in [-0.2, 0) is 26.4 Å². The van der Waals surface area contributed by atoms with E-state index in [0.29, 0.717) is 11.1 Å². The predicted octanol–water partition coefficient (Wildman–Crippen LogP) is 1.74.